The Hall–Kier alpha value is -1.75. The first kappa shape index (κ1) is 13.7. The van der Waals surface area contributed by atoms with E-state index in [1.54, 1.807) is 12.1 Å². The monoisotopic (exact) mass is 263 g/mol. The number of nitrogens with zero attached hydrogens (tertiary/aromatic N) is 2. The molecule has 0 radical (unpaired) electrons. The Balaban J connectivity index is 2.05. The van der Waals surface area contributed by atoms with E-state index in [9.17, 15) is 5.11 Å². The molecule has 1 fully saturated rings. The minimum absolute atomic E-state index is 0.101. The second-order valence-electron chi connectivity index (χ2n) is 5.32. The summed E-state index contributed by atoms with van der Waals surface area (Å²) in [6, 6.07) is 7.43. The van der Waals surface area contributed by atoms with E-state index in [1.807, 2.05) is 24.1 Å². The summed E-state index contributed by atoms with van der Waals surface area (Å²) in [6.45, 7) is 0.635. The summed E-state index contributed by atoms with van der Waals surface area (Å²) in [5.74, 6) is 0.101. The lowest BCUT2D eigenvalue weighted by molar-refractivity contribution is 0.0559. The number of amidine groups is 1. The molecule has 0 heterocycles. The molecule has 19 heavy (non-hydrogen) atoms. The summed E-state index contributed by atoms with van der Waals surface area (Å²) < 4.78 is 0. The molecule has 1 aliphatic carbocycles. The van der Waals surface area contributed by atoms with Crippen LogP contribution in [0.15, 0.2) is 29.4 Å². The fourth-order valence-electron chi connectivity index (χ4n) is 2.67. The molecule has 0 aromatic heterocycles. The van der Waals surface area contributed by atoms with E-state index in [0.29, 0.717) is 12.1 Å². The first-order valence-corrected chi connectivity index (χ1v) is 6.55. The predicted octanol–water partition coefficient (Wildman–Crippen LogP) is 1.52. The van der Waals surface area contributed by atoms with Crippen LogP contribution in [-0.2, 0) is 0 Å². The van der Waals surface area contributed by atoms with Crippen molar-refractivity contribution < 1.29 is 10.3 Å². The van der Waals surface area contributed by atoms with Crippen LogP contribution in [0.2, 0.25) is 0 Å². The third kappa shape index (κ3) is 3.17. The number of rotatable bonds is 4. The van der Waals surface area contributed by atoms with Crippen molar-refractivity contribution in [2.45, 2.75) is 31.3 Å². The number of oxime groups is 1. The lowest BCUT2D eigenvalue weighted by Crippen LogP contribution is -2.39. The first-order chi connectivity index (χ1) is 9.04. The van der Waals surface area contributed by atoms with Gasteiger partial charge in [0.15, 0.2) is 5.84 Å². The Morgan fingerprint density at radius 3 is 2.42 bits per heavy atom. The highest BCUT2D eigenvalue weighted by atomic mass is 16.4. The van der Waals surface area contributed by atoms with E-state index >= 15 is 0 Å². The minimum Gasteiger partial charge on any atom is -0.409 e. The number of benzene rings is 1. The molecule has 0 atom stereocenters. The fourth-order valence-corrected chi connectivity index (χ4v) is 2.67. The second kappa shape index (κ2) is 5.48. The zero-order valence-corrected chi connectivity index (χ0v) is 11.2. The van der Waals surface area contributed by atoms with Crippen molar-refractivity contribution in [3.63, 3.8) is 0 Å². The summed E-state index contributed by atoms with van der Waals surface area (Å²) in [6.07, 6.45) is 3.96. The average Bonchev–Trinajstić information content (AvgIpc) is 2.84. The van der Waals surface area contributed by atoms with Crippen LogP contribution < -0.4 is 10.6 Å². The Morgan fingerprint density at radius 2 is 1.89 bits per heavy atom. The van der Waals surface area contributed by atoms with Gasteiger partial charge in [-0.05, 0) is 37.1 Å². The maximum Gasteiger partial charge on any atom is 0.170 e. The molecule has 0 aliphatic heterocycles. The fraction of sp³-hybridized carbons (Fsp3) is 0.500. The van der Waals surface area contributed by atoms with Gasteiger partial charge in [0.25, 0.3) is 0 Å². The normalized spacial score (nSPS) is 18.5. The van der Waals surface area contributed by atoms with Gasteiger partial charge in [-0.3, -0.25) is 0 Å². The van der Waals surface area contributed by atoms with E-state index in [-0.39, 0.29) is 5.84 Å². The van der Waals surface area contributed by atoms with Gasteiger partial charge in [-0.1, -0.05) is 18.0 Å². The standard InChI is InChI=1S/C14H21N3O2/c1-17(10-14(18)8-2-3-9-14)12-6-4-11(5-7-12)13(15)16-19/h4-7,18-19H,2-3,8-10H2,1H3,(H2,15,16). The molecule has 0 amide bonds. The Morgan fingerprint density at radius 1 is 1.32 bits per heavy atom. The van der Waals surface area contributed by atoms with Gasteiger partial charge >= 0.3 is 0 Å². The van der Waals surface area contributed by atoms with E-state index in [0.717, 1.165) is 31.4 Å². The number of aliphatic hydroxyl groups is 1. The molecule has 1 aromatic rings. The van der Waals surface area contributed by atoms with Gasteiger partial charge in [0.1, 0.15) is 0 Å². The summed E-state index contributed by atoms with van der Waals surface area (Å²) >= 11 is 0. The van der Waals surface area contributed by atoms with Gasteiger partial charge in [-0.15, -0.1) is 0 Å². The summed E-state index contributed by atoms with van der Waals surface area (Å²) in [4.78, 5) is 2.04. The topological polar surface area (TPSA) is 82.1 Å². The van der Waals surface area contributed by atoms with Crippen LogP contribution in [-0.4, -0.2) is 35.3 Å². The van der Waals surface area contributed by atoms with Gasteiger partial charge < -0.3 is 20.9 Å². The number of anilines is 1. The quantitative estimate of drug-likeness (QED) is 0.333. The maximum atomic E-state index is 10.4. The summed E-state index contributed by atoms with van der Waals surface area (Å²) in [7, 11) is 1.97. The first-order valence-electron chi connectivity index (χ1n) is 6.55. The Kier molecular flexibility index (Phi) is 3.95. The van der Waals surface area contributed by atoms with Gasteiger partial charge in [-0.2, -0.15) is 0 Å². The van der Waals surface area contributed by atoms with Crippen molar-refractivity contribution in [3.05, 3.63) is 29.8 Å². The minimum atomic E-state index is -0.557. The van der Waals surface area contributed by atoms with Crippen molar-refractivity contribution in [3.8, 4) is 0 Å². The van der Waals surface area contributed by atoms with Crippen LogP contribution in [0, 0.1) is 0 Å². The number of hydrogen-bond acceptors (Lipinski definition) is 4. The third-order valence-corrected chi connectivity index (χ3v) is 3.78. The molecule has 104 valence electrons. The molecule has 4 N–H and O–H groups in total. The van der Waals surface area contributed by atoms with Crippen molar-refractivity contribution >= 4 is 11.5 Å². The molecule has 1 saturated carbocycles. The zero-order valence-electron chi connectivity index (χ0n) is 11.2. The van der Waals surface area contributed by atoms with Crippen molar-refractivity contribution in [2.75, 3.05) is 18.5 Å². The smallest absolute Gasteiger partial charge is 0.170 e. The highest BCUT2D eigenvalue weighted by Crippen LogP contribution is 2.31. The van der Waals surface area contributed by atoms with Gasteiger partial charge in [-0.25, -0.2) is 0 Å². The largest absolute Gasteiger partial charge is 0.409 e. The molecule has 2 rings (SSSR count). The molecule has 1 aromatic carbocycles. The predicted molar refractivity (Wildman–Crippen MR) is 75.6 cm³/mol. The van der Waals surface area contributed by atoms with Crippen LogP contribution in [0.25, 0.3) is 0 Å². The van der Waals surface area contributed by atoms with Gasteiger partial charge in [0.05, 0.1) is 5.60 Å². The molecular formula is C14H21N3O2. The van der Waals surface area contributed by atoms with Gasteiger partial charge in [0.2, 0.25) is 0 Å². The summed E-state index contributed by atoms with van der Waals surface area (Å²) in [5.41, 5.74) is 6.65. The molecule has 5 heteroatoms. The van der Waals surface area contributed by atoms with Crippen LogP contribution in [0.1, 0.15) is 31.2 Å². The Labute approximate surface area is 113 Å². The third-order valence-electron chi connectivity index (χ3n) is 3.78. The summed E-state index contributed by atoms with van der Waals surface area (Å²) in [5, 5.41) is 22.0. The van der Waals surface area contributed by atoms with Crippen LogP contribution in [0.4, 0.5) is 5.69 Å². The lowest BCUT2D eigenvalue weighted by Gasteiger charge is -2.30. The molecule has 1 aliphatic rings. The zero-order chi connectivity index (χ0) is 13.9. The van der Waals surface area contributed by atoms with E-state index in [2.05, 4.69) is 5.16 Å². The number of nitrogens with two attached hydrogens (primary N) is 1. The van der Waals surface area contributed by atoms with E-state index in [1.165, 1.54) is 0 Å². The number of likely N-dealkylation sites (N-methyl/N-ethyl adjacent to an activating group) is 1. The molecule has 0 bridgehead atoms. The van der Waals surface area contributed by atoms with Crippen LogP contribution in [0.5, 0.6) is 0 Å². The Bertz CT molecular complexity index is 450. The highest BCUT2D eigenvalue weighted by molar-refractivity contribution is 5.97. The van der Waals surface area contributed by atoms with Crippen LogP contribution in [0.3, 0.4) is 0 Å². The SMILES string of the molecule is CN(CC1(O)CCCC1)c1ccc(/C(N)=N/O)cc1. The van der Waals surface area contributed by atoms with Crippen LogP contribution >= 0.6 is 0 Å². The molecule has 0 spiro atoms. The maximum absolute atomic E-state index is 10.4. The van der Waals surface area contributed by atoms with E-state index < -0.39 is 5.60 Å². The second-order valence-corrected chi connectivity index (χ2v) is 5.32. The van der Waals surface area contributed by atoms with Crippen molar-refractivity contribution in [1.29, 1.82) is 0 Å². The van der Waals surface area contributed by atoms with E-state index in [4.69, 9.17) is 10.9 Å². The van der Waals surface area contributed by atoms with Crippen molar-refractivity contribution in [1.82, 2.24) is 0 Å². The molecular weight excluding hydrogens is 242 g/mol. The average molecular weight is 263 g/mol. The molecule has 5 nitrogen and oxygen atoms in total. The van der Waals surface area contributed by atoms with Gasteiger partial charge in [0, 0.05) is 24.8 Å². The lowest BCUT2D eigenvalue weighted by atomic mass is 10.0. The highest BCUT2D eigenvalue weighted by Gasteiger charge is 2.32. The van der Waals surface area contributed by atoms with Crippen molar-refractivity contribution in [2.24, 2.45) is 10.9 Å². The molecule has 0 unspecified atom stereocenters. The number of hydrogen-bond donors (Lipinski definition) is 3. The molecule has 0 saturated heterocycles.